The van der Waals surface area contributed by atoms with Gasteiger partial charge in [-0.05, 0) is 25.1 Å². The van der Waals surface area contributed by atoms with Crippen LogP contribution in [0.15, 0.2) is 18.2 Å². The minimum atomic E-state index is -1.15. The minimum absolute atomic E-state index is 0.0362. The molecule has 1 rings (SSSR count). The van der Waals surface area contributed by atoms with Crippen molar-refractivity contribution in [2.24, 2.45) is 0 Å². The summed E-state index contributed by atoms with van der Waals surface area (Å²) in [6, 6.07) is 2.46. The molecule has 5 nitrogen and oxygen atoms in total. The Morgan fingerprint density at radius 1 is 1.56 bits per heavy atom. The summed E-state index contributed by atoms with van der Waals surface area (Å²) in [5, 5.41) is 10.8. The van der Waals surface area contributed by atoms with Crippen molar-refractivity contribution in [2.45, 2.75) is 13.0 Å². The highest BCUT2D eigenvalue weighted by Crippen LogP contribution is 2.24. The number of carboxylic acid groups (broad SMARTS) is 1. The average Bonchev–Trinajstić information content (AvgIpc) is 2.27. The number of rotatable bonds is 5. The van der Waals surface area contributed by atoms with E-state index >= 15 is 0 Å². The second-order valence-corrected chi connectivity index (χ2v) is 3.90. The quantitative estimate of drug-likeness (QED) is 0.853. The number of hydrogen-bond donors (Lipinski definition) is 2. The van der Waals surface area contributed by atoms with Crippen LogP contribution >= 0.6 is 11.6 Å². The Bertz CT molecular complexity index is 466. The summed E-state index contributed by atoms with van der Waals surface area (Å²) < 4.78 is 17.8. The normalized spacial score (nSPS) is 11.7. The summed E-state index contributed by atoms with van der Waals surface area (Å²) in [7, 11) is 0. The SMILES string of the molecule is CC(NC(=O)COc1ccc(F)cc1Cl)C(=O)O. The van der Waals surface area contributed by atoms with Crippen LogP contribution in [0.25, 0.3) is 0 Å². The summed E-state index contributed by atoms with van der Waals surface area (Å²) in [4.78, 5) is 21.8. The van der Waals surface area contributed by atoms with E-state index in [2.05, 4.69) is 5.32 Å². The first-order valence-corrected chi connectivity index (χ1v) is 5.38. The molecule has 0 spiro atoms. The molecule has 0 fully saturated rings. The maximum absolute atomic E-state index is 12.7. The number of halogens is 2. The van der Waals surface area contributed by atoms with E-state index in [0.29, 0.717) is 0 Å². The molecule has 1 atom stereocenters. The van der Waals surface area contributed by atoms with Crippen LogP contribution in [-0.4, -0.2) is 29.6 Å². The average molecular weight is 276 g/mol. The number of benzene rings is 1. The van der Waals surface area contributed by atoms with Crippen LogP contribution in [0.5, 0.6) is 5.75 Å². The van der Waals surface area contributed by atoms with Gasteiger partial charge in [-0.1, -0.05) is 11.6 Å². The van der Waals surface area contributed by atoms with Gasteiger partial charge in [0.1, 0.15) is 17.6 Å². The van der Waals surface area contributed by atoms with Gasteiger partial charge in [-0.3, -0.25) is 9.59 Å². The fourth-order valence-electron chi connectivity index (χ4n) is 1.08. The van der Waals surface area contributed by atoms with Crippen molar-refractivity contribution in [3.05, 3.63) is 29.0 Å². The summed E-state index contributed by atoms with van der Waals surface area (Å²) in [5.41, 5.74) is 0. The van der Waals surface area contributed by atoms with Crippen molar-refractivity contribution in [2.75, 3.05) is 6.61 Å². The number of ether oxygens (including phenoxy) is 1. The molecule has 1 aromatic rings. The van der Waals surface area contributed by atoms with E-state index in [1.807, 2.05) is 0 Å². The molecule has 0 aliphatic rings. The van der Waals surface area contributed by atoms with E-state index in [9.17, 15) is 14.0 Å². The van der Waals surface area contributed by atoms with Gasteiger partial charge in [-0.2, -0.15) is 0 Å². The Hall–Kier alpha value is -1.82. The van der Waals surface area contributed by atoms with Crippen molar-refractivity contribution < 1.29 is 23.8 Å². The van der Waals surface area contributed by atoms with Gasteiger partial charge in [0.2, 0.25) is 0 Å². The van der Waals surface area contributed by atoms with E-state index in [1.54, 1.807) is 0 Å². The molecule has 1 aromatic carbocycles. The van der Waals surface area contributed by atoms with Crippen LogP contribution in [0.2, 0.25) is 5.02 Å². The zero-order valence-electron chi connectivity index (χ0n) is 9.44. The zero-order chi connectivity index (χ0) is 13.7. The van der Waals surface area contributed by atoms with Crippen molar-refractivity contribution in [1.82, 2.24) is 5.32 Å². The predicted octanol–water partition coefficient (Wildman–Crippen LogP) is 1.45. The number of aliphatic carboxylic acids is 1. The number of carbonyl (C=O) groups is 2. The molecular weight excluding hydrogens is 265 g/mol. The monoisotopic (exact) mass is 275 g/mol. The highest BCUT2D eigenvalue weighted by molar-refractivity contribution is 6.32. The Morgan fingerprint density at radius 2 is 2.22 bits per heavy atom. The molecule has 7 heteroatoms. The van der Waals surface area contributed by atoms with E-state index in [-0.39, 0.29) is 10.8 Å². The van der Waals surface area contributed by atoms with E-state index in [1.165, 1.54) is 13.0 Å². The zero-order valence-corrected chi connectivity index (χ0v) is 10.2. The van der Waals surface area contributed by atoms with E-state index in [4.69, 9.17) is 21.4 Å². The molecule has 0 aliphatic heterocycles. The molecule has 0 saturated carbocycles. The second-order valence-electron chi connectivity index (χ2n) is 3.49. The first-order valence-electron chi connectivity index (χ1n) is 5.00. The molecule has 18 heavy (non-hydrogen) atoms. The molecule has 0 bridgehead atoms. The maximum atomic E-state index is 12.7. The van der Waals surface area contributed by atoms with Gasteiger partial charge in [0, 0.05) is 0 Å². The van der Waals surface area contributed by atoms with Gasteiger partial charge < -0.3 is 15.2 Å². The van der Waals surface area contributed by atoms with Crippen molar-refractivity contribution in [3.63, 3.8) is 0 Å². The fourth-order valence-corrected chi connectivity index (χ4v) is 1.30. The number of carboxylic acids is 1. The van der Waals surface area contributed by atoms with Gasteiger partial charge in [-0.15, -0.1) is 0 Å². The van der Waals surface area contributed by atoms with Crippen LogP contribution in [0.1, 0.15) is 6.92 Å². The number of nitrogens with one attached hydrogen (secondary N) is 1. The molecule has 98 valence electrons. The third-order valence-electron chi connectivity index (χ3n) is 2.00. The lowest BCUT2D eigenvalue weighted by atomic mass is 10.3. The lowest BCUT2D eigenvalue weighted by molar-refractivity contribution is -0.141. The van der Waals surface area contributed by atoms with Crippen LogP contribution in [0.4, 0.5) is 4.39 Å². The van der Waals surface area contributed by atoms with E-state index in [0.717, 1.165) is 12.1 Å². The Balaban J connectivity index is 2.50. The number of carbonyl (C=O) groups excluding carboxylic acids is 1. The van der Waals surface area contributed by atoms with Gasteiger partial charge in [0.25, 0.3) is 5.91 Å². The number of amides is 1. The smallest absolute Gasteiger partial charge is 0.325 e. The Labute approximate surface area is 108 Å². The van der Waals surface area contributed by atoms with Crippen molar-refractivity contribution >= 4 is 23.5 Å². The Morgan fingerprint density at radius 3 is 2.78 bits per heavy atom. The fraction of sp³-hybridized carbons (Fsp3) is 0.273. The standard InChI is InChI=1S/C11H11ClFNO4/c1-6(11(16)17)14-10(15)5-18-9-3-2-7(13)4-8(9)12/h2-4,6H,5H2,1H3,(H,14,15)(H,16,17). The largest absolute Gasteiger partial charge is 0.482 e. The molecule has 0 radical (unpaired) electrons. The molecule has 1 unspecified atom stereocenters. The molecule has 1 amide bonds. The molecule has 0 saturated heterocycles. The van der Waals surface area contributed by atoms with Crippen LogP contribution < -0.4 is 10.1 Å². The Kier molecular flexibility index (Phi) is 4.91. The summed E-state index contributed by atoms with van der Waals surface area (Å²) >= 11 is 5.68. The third-order valence-corrected chi connectivity index (χ3v) is 2.30. The molecule has 0 aliphatic carbocycles. The van der Waals surface area contributed by atoms with Gasteiger partial charge >= 0.3 is 5.97 Å². The lowest BCUT2D eigenvalue weighted by Gasteiger charge is -2.11. The maximum Gasteiger partial charge on any atom is 0.325 e. The highest BCUT2D eigenvalue weighted by Gasteiger charge is 2.14. The predicted molar refractivity (Wildman–Crippen MR) is 62.1 cm³/mol. The first-order chi connectivity index (χ1) is 8.40. The van der Waals surface area contributed by atoms with Gasteiger partial charge in [0.05, 0.1) is 5.02 Å². The second kappa shape index (κ2) is 6.20. The molecular formula is C11H11ClFNO4. The highest BCUT2D eigenvalue weighted by atomic mass is 35.5. The summed E-state index contributed by atoms with van der Waals surface area (Å²) in [6.07, 6.45) is 0. The molecule has 0 heterocycles. The van der Waals surface area contributed by atoms with Gasteiger partial charge in [-0.25, -0.2) is 4.39 Å². The third kappa shape index (κ3) is 4.21. The topological polar surface area (TPSA) is 75.6 Å². The van der Waals surface area contributed by atoms with Crippen molar-refractivity contribution in [3.8, 4) is 5.75 Å². The molecule has 0 aromatic heterocycles. The van der Waals surface area contributed by atoms with Crippen LogP contribution in [-0.2, 0) is 9.59 Å². The minimum Gasteiger partial charge on any atom is -0.482 e. The van der Waals surface area contributed by atoms with Crippen LogP contribution in [0.3, 0.4) is 0 Å². The number of hydrogen-bond acceptors (Lipinski definition) is 3. The molecule has 2 N–H and O–H groups in total. The van der Waals surface area contributed by atoms with Crippen molar-refractivity contribution in [1.29, 1.82) is 0 Å². The van der Waals surface area contributed by atoms with Gasteiger partial charge in [0.15, 0.2) is 6.61 Å². The first kappa shape index (κ1) is 14.2. The lowest BCUT2D eigenvalue weighted by Crippen LogP contribution is -2.40. The summed E-state index contributed by atoms with van der Waals surface area (Å²) in [5.74, 6) is -2.12. The van der Waals surface area contributed by atoms with Crippen LogP contribution in [0, 0.1) is 5.82 Å². The summed E-state index contributed by atoms with van der Waals surface area (Å²) in [6.45, 7) is 0.925. The van der Waals surface area contributed by atoms with E-state index < -0.39 is 30.3 Å².